The van der Waals surface area contributed by atoms with Crippen molar-refractivity contribution in [2.24, 2.45) is 0 Å². The van der Waals surface area contributed by atoms with Crippen LogP contribution in [0.2, 0.25) is 0 Å². The summed E-state index contributed by atoms with van der Waals surface area (Å²) in [4.78, 5) is 9.31. The van der Waals surface area contributed by atoms with E-state index in [1.807, 2.05) is 36.4 Å². The van der Waals surface area contributed by atoms with Crippen LogP contribution in [0.4, 0.5) is 5.82 Å². The lowest BCUT2D eigenvalue weighted by Gasteiger charge is -2.11. The zero-order valence-electron chi connectivity index (χ0n) is 17.5. The minimum Gasteiger partial charge on any atom is -0.365 e. The normalized spacial score (nSPS) is 10.7. The molecule has 0 saturated carbocycles. The van der Waals surface area contributed by atoms with Crippen molar-refractivity contribution in [1.82, 2.24) is 30.6 Å². The molecule has 5 aromatic rings. The molecule has 32 heavy (non-hydrogen) atoms. The van der Waals surface area contributed by atoms with Crippen molar-refractivity contribution in [3.63, 3.8) is 0 Å². The van der Waals surface area contributed by atoms with Gasteiger partial charge in [-0.2, -0.15) is 5.21 Å². The van der Waals surface area contributed by atoms with E-state index in [0.717, 1.165) is 45.7 Å². The summed E-state index contributed by atoms with van der Waals surface area (Å²) in [6, 6.07) is 24.6. The maximum absolute atomic E-state index is 4.69. The fourth-order valence-corrected chi connectivity index (χ4v) is 3.61. The third kappa shape index (κ3) is 4.29. The van der Waals surface area contributed by atoms with Gasteiger partial charge in [0.15, 0.2) is 0 Å². The van der Waals surface area contributed by atoms with Crippen LogP contribution >= 0.6 is 12.4 Å². The number of rotatable bonds is 6. The molecule has 0 aliphatic rings. The van der Waals surface area contributed by atoms with Crippen molar-refractivity contribution in [3.05, 3.63) is 84.2 Å². The molecule has 0 fully saturated rings. The molecular formula is C24H22ClN7. The molecule has 2 aromatic heterocycles. The van der Waals surface area contributed by atoms with E-state index in [1.54, 1.807) is 0 Å². The monoisotopic (exact) mass is 443 g/mol. The summed E-state index contributed by atoms with van der Waals surface area (Å²) < 4.78 is 0. The quantitative estimate of drug-likeness (QED) is 0.380. The van der Waals surface area contributed by atoms with E-state index >= 15 is 0 Å². The van der Waals surface area contributed by atoms with Crippen molar-refractivity contribution < 1.29 is 0 Å². The van der Waals surface area contributed by atoms with Crippen LogP contribution < -0.4 is 5.32 Å². The molecule has 160 valence electrons. The van der Waals surface area contributed by atoms with Crippen molar-refractivity contribution in [3.8, 4) is 22.5 Å². The minimum atomic E-state index is 0. The number of anilines is 1. The van der Waals surface area contributed by atoms with Gasteiger partial charge in [0, 0.05) is 23.9 Å². The predicted molar refractivity (Wildman–Crippen MR) is 129 cm³/mol. The van der Waals surface area contributed by atoms with Crippen molar-refractivity contribution in [2.45, 2.75) is 19.9 Å². The lowest BCUT2D eigenvalue weighted by Crippen LogP contribution is -2.05. The zero-order valence-corrected chi connectivity index (χ0v) is 18.3. The first-order chi connectivity index (χ1) is 15.3. The number of aromatic amines is 1. The van der Waals surface area contributed by atoms with Crippen LogP contribution in [0.25, 0.3) is 33.4 Å². The van der Waals surface area contributed by atoms with Gasteiger partial charge in [0.1, 0.15) is 11.6 Å². The van der Waals surface area contributed by atoms with Gasteiger partial charge in [0.05, 0.1) is 5.52 Å². The van der Waals surface area contributed by atoms with Crippen LogP contribution in [0.5, 0.6) is 0 Å². The molecule has 0 amide bonds. The lowest BCUT2D eigenvalue weighted by atomic mass is 9.98. The summed E-state index contributed by atoms with van der Waals surface area (Å²) in [6.45, 7) is 2.75. The number of hydrogen-bond acceptors (Lipinski definition) is 6. The summed E-state index contributed by atoms with van der Waals surface area (Å²) in [6.07, 6.45) is 0.800. The van der Waals surface area contributed by atoms with Crippen LogP contribution in [-0.4, -0.2) is 30.6 Å². The number of H-pyrrole nitrogens is 1. The molecule has 0 aliphatic carbocycles. The molecule has 2 heterocycles. The first-order valence-corrected chi connectivity index (χ1v) is 10.2. The first-order valence-electron chi connectivity index (χ1n) is 10.2. The molecule has 0 saturated heterocycles. The molecule has 0 radical (unpaired) electrons. The Kier molecular flexibility index (Phi) is 6.37. The van der Waals surface area contributed by atoms with Gasteiger partial charge in [-0.1, -0.05) is 67.6 Å². The van der Waals surface area contributed by atoms with Crippen LogP contribution in [-0.2, 0) is 13.0 Å². The number of hydrogen-bond donors (Lipinski definition) is 2. The number of aromatic nitrogens is 6. The highest BCUT2D eigenvalue weighted by atomic mass is 35.5. The second-order valence-corrected chi connectivity index (χ2v) is 7.19. The van der Waals surface area contributed by atoms with Crippen molar-refractivity contribution in [2.75, 3.05) is 5.32 Å². The fraction of sp³-hybridized carbons (Fsp3) is 0.125. The van der Waals surface area contributed by atoms with E-state index in [4.69, 9.17) is 4.98 Å². The number of nitrogens with zero attached hydrogens (tertiary/aromatic N) is 5. The van der Waals surface area contributed by atoms with Crippen LogP contribution in [0, 0.1) is 0 Å². The van der Waals surface area contributed by atoms with Gasteiger partial charge in [-0.15, -0.1) is 22.6 Å². The molecule has 0 bridgehead atoms. The Hall–Kier alpha value is -3.84. The Morgan fingerprint density at radius 3 is 2.34 bits per heavy atom. The summed E-state index contributed by atoms with van der Waals surface area (Å²) in [5.74, 6) is 2.30. The van der Waals surface area contributed by atoms with E-state index in [-0.39, 0.29) is 12.4 Å². The van der Waals surface area contributed by atoms with Crippen molar-refractivity contribution in [1.29, 1.82) is 0 Å². The first kappa shape index (κ1) is 21.4. The van der Waals surface area contributed by atoms with Crippen LogP contribution in [0.3, 0.4) is 0 Å². The summed E-state index contributed by atoms with van der Waals surface area (Å²) in [5, 5.41) is 19.0. The number of fused-ring (bicyclic) bond motifs is 1. The van der Waals surface area contributed by atoms with Gasteiger partial charge in [-0.3, -0.25) is 0 Å². The third-order valence-electron chi connectivity index (χ3n) is 5.20. The third-order valence-corrected chi connectivity index (χ3v) is 5.20. The van der Waals surface area contributed by atoms with E-state index < -0.39 is 0 Å². The predicted octanol–water partition coefficient (Wildman–Crippen LogP) is 5.07. The standard InChI is InChI=1S/C24H21N7.ClH/c1-2-22-26-21-10-6-5-9-20(21)23(27-22)25-15-16-11-13-17(14-12-16)18-7-3-4-8-19(18)24-28-30-31-29-24;/h3-14H,2,15H2,1H3,(H,25,26,27)(H,28,29,30,31);1H. The van der Waals surface area contributed by atoms with Crippen molar-refractivity contribution >= 4 is 29.1 Å². The molecule has 0 atom stereocenters. The van der Waals surface area contributed by atoms with Gasteiger partial charge in [-0.05, 0) is 34.0 Å². The summed E-state index contributed by atoms with van der Waals surface area (Å²) >= 11 is 0. The molecule has 8 heteroatoms. The van der Waals surface area contributed by atoms with Gasteiger partial charge < -0.3 is 5.32 Å². The lowest BCUT2D eigenvalue weighted by molar-refractivity contribution is 0.881. The molecule has 7 nitrogen and oxygen atoms in total. The molecule has 5 rings (SSSR count). The summed E-state index contributed by atoms with van der Waals surface area (Å²) in [5.41, 5.74) is 5.25. The summed E-state index contributed by atoms with van der Waals surface area (Å²) in [7, 11) is 0. The molecule has 0 spiro atoms. The largest absolute Gasteiger partial charge is 0.365 e. The van der Waals surface area contributed by atoms with Crippen LogP contribution in [0.15, 0.2) is 72.8 Å². The highest BCUT2D eigenvalue weighted by molar-refractivity contribution is 5.89. The minimum absolute atomic E-state index is 0. The molecule has 0 unspecified atom stereocenters. The van der Waals surface area contributed by atoms with Gasteiger partial charge in [0.2, 0.25) is 5.82 Å². The molecular weight excluding hydrogens is 422 g/mol. The average molecular weight is 444 g/mol. The van der Waals surface area contributed by atoms with Gasteiger partial charge >= 0.3 is 0 Å². The topological polar surface area (TPSA) is 92.3 Å². The Morgan fingerprint density at radius 1 is 0.844 bits per heavy atom. The Labute approximate surface area is 191 Å². The Balaban J connectivity index is 0.00000245. The highest BCUT2D eigenvalue weighted by Crippen LogP contribution is 2.30. The van der Waals surface area contributed by atoms with E-state index in [9.17, 15) is 0 Å². The SMILES string of the molecule is CCc1nc(NCc2ccc(-c3ccccc3-c3nn[nH]n3)cc2)c2ccccc2n1.Cl. The second-order valence-electron chi connectivity index (χ2n) is 7.19. The van der Waals surface area contributed by atoms with Crippen LogP contribution in [0.1, 0.15) is 18.3 Å². The van der Waals surface area contributed by atoms with E-state index in [0.29, 0.717) is 12.4 Å². The fourth-order valence-electron chi connectivity index (χ4n) is 3.61. The average Bonchev–Trinajstić information content (AvgIpc) is 3.37. The maximum Gasteiger partial charge on any atom is 0.205 e. The Morgan fingerprint density at radius 2 is 1.59 bits per heavy atom. The number of nitrogens with one attached hydrogen (secondary N) is 2. The zero-order chi connectivity index (χ0) is 21.0. The second kappa shape index (κ2) is 9.53. The Bertz CT molecular complexity index is 1320. The van der Waals surface area contributed by atoms with E-state index in [1.165, 1.54) is 5.56 Å². The van der Waals surface area contributed by atoms with Gasteiger partial charge in [0.25, 0.3) is 0 Å². The smallest absolute Gasteiger partial charge is 0.205 e. The van der Waals surface area contributed by atoms with E-state index in [2.05, 4.69) is 74.2 Å². The van der Waals surface area contributed by atoms with Gasteiger partial charge in [-0.25, -0.2) is 9.97 Å². The maximum atomic E-state index is 4.69. The number of tetrazole rings is 1. The molecule has 3 aromatic carbocycles. The molecule has 2 N–H and O–H groups in total. The molecule has 0 aliphatic heterocycles. The number of aryl methyl sites for hydroxylation is 1. The number of halogens is 1. The number of para-hydroxylation sites is 1. The highest BCUT2D eigenvalue weighted by Gasteiger charge is 2.11. The number of benzene rings is 3.